The van der Waals surface area contributed by atoms with E-state index in [0.717, 1.165) is 5.75 Å². The van der Waals surface area contributed by atoms with E-state index in [0.29, 0.717) is 0 Å². The fourth-order valence-corrected chi connectivity index (χ4v) is 1.49. The quantitative estimate of drug-likeness (QED) is 0.487. The topological polar surface area (TPSA) is 0 Å². The highest BCUT2D eigenvalue weighted by atomic mass is 32.2. The molecule has 0 aromatic heterocycles. The van der Waals surface area contributed by atoms with Crippen molar-refractivity contribution in [3.8, 4) is 0 Å². The van der Waals surface area contributed by atoms with Gasteiger partial charge < -0.3 is 0 Å². The van der Waals surface area contributed by atoms with E-state index in [2.05, 4.69) is 37.8 Å². The van der Waals surface area contributed by atoms with Crippen LogP contribution in [0.3, 0.4) is 0 Å². The molecule has 0 spiro atoms. The van der Waals surface area contributed by atoms with Crippen LogP contribution in [0.2, 0.25) is 0 Å². The normalized spacial score (nSPS) is 9.55. The Kier molecular flexibility index (Phi) is 3.24. The largest absolute Gasteiger partial charge is 0.122 e. The zero-order chi connectivity index (χ0) is 8.10. The van der Waals surface area contributed by atoms with Crippen LogP contribution in [0, 0.1) is 0 Å². The molecule has 0 aliphatic heterocycles. The summed E-state index contributed by atoms with van der Waals surface area (Å²) in [7, 11) is 0. The van der Waals surface area contributed by atoms with Crippen LogP contribution in [0.5, 0.6) is 0 Å². The summed E-state index contributed by atoms with van der Waals surface area (Å²) in [6.07, 6.45) is 0. The maximum absolute atomic E-state index is 3.85. The molecule has 1 heteroatoms. The maximum Gasteiger partial charge on any atom is 0.0185 e. The van der Waals surface area contributed by atoms with Crippen molar-refractivity contribution in [1.29, 1.82) is 0 Å². The van der Waals surface area contributed by atoms with Crippen LogP contribution in [-0.2, 0) is 0 Å². The molecule has 11 heavy (non-hydrogen) atoms. The van der Waals surface area contributed by atoms with Gasteiger partial charge in [-0.05, 0) is 19.1 Å². The Bertz CT molecular complexity index is 226. The lowest BCUT2D eigenvalue weighted by Crippen LogP contribution is -1.77. The lowest BCUT2D eigenvalue weighted by molar-refractivity contribution is 1.40. The van der Waals surface area contributed by atoms with Crippen molar-refractivity contribution in [3.63, 3.8) is 0 Å². The monoisotopic (exact) mass is 164 g/mol. The van der Waals surface area contributed by atoms with E-state index in [4.69, 9.17) is 0 Å². The van der Waals surface area contributed by atoms with Gasteiger partial charge in [-0.2, -0.15) is 0 Å². The van der Waals surface area contributed by atoms with E-state index >= 15 is 0 Å². The first-order valence-corrected chi connectivity index (χ1v) is 4.60. The Morgan fingerprint density at radius 1 is 1.36 bits per heavy atom. The smallest absolute Gasteiger partial charge is 0.0185 e. The van der Waals surface area contributed by atoms with Crippen LogP contribution < -0.4 is 0 Å². The van der Waals surface area contributed by atoms with Crippen LogP contribution >= 0.6 is 11.8 Å². The Morgan fingerprint density at radius 3 is 2.55 bits per heavy atom. The summed E-state index contributed by atoms with van der Waals surface area (Å²) in [5, 5.41) is 0. The minimum atomic E-state index is 1.02. The van der Waals surface area contributed by atoms with Crippen LogP contribution in [0.25, 0.3) is 0 Å². The third-order valence-electron chi connectivity index (χ3n) is 1.23. The molecule has 0 saturated heterocycles. The Morgan fingerprint density at radius 2 is 2.00 bits per heavy atom. The van der Waals surface area contributed by atoms with Gasteiger partial charge in [0.25, 0.3) is 0 Å². The molecule has 1 aromatic rings. The Labute approximate surface area is 72.3 Å². The minimum absolute atomic E-state index is 1.02. The number of hydrogen-bond donors (Lipinski definition) is 0. The van der Waals surface area contributed by atoms with Crippen LogP contribution in [0.15, 0.2) is 47.4 Å². The van der Waals surface area contributed by atoms with E-state index in [-0.39, 0.29) is 0 Å². The van der Waals surface area contributed by atoms with Gasteiger partial charge >= 0.3 is 0 Å². The fraction of sp³-hybridized carbons (Fsp3) is 0.200. The average Bonchev–Trinajstić information content (AvgIpc) is 2.03. The third-order valence-corrected chi connectivity index (χ3v) is 2.47. The highest BCUT2D eigenvalue weighted by Gasteiger charge is 1.90. The van der Waals surface area contributed by atoms with Crippen molar-refractivity contribution in [2.45, 2.75) is 11.8 Å². The van der Waals surface area contributed by atoms with Crippen molar-refractivity contribution >= 4 is 11.8 Å². The zero-order valence-corrected chi connectivity index (χ0v) is 7.53. The highest BCUT2D eigenvalue weighted by molar-refractivity contribution is 7.99. The van der Waals surface area contributed by atoms with Gasteiger partial charge in [0.05, 0.1) is 0 Å². The van der Waals surface area contributed by atoms with Crippen LogP contribution in [0.1, 0.15) is 6.92 Å². The van der Waals surface area contributed by atoms with Crippen LogP contribution in [0.4, 0.5) is 0 Å². The molecular formula is C10H12S. The summed E-state index contributed by atoms with van der Waals surface area (Å²) in [4.78, 5) is 1.32. The summed E-state index contributed by atoms with van der Waals surface area (Å²) < 4.78 is 0. The molecule has 58 valence electrons. The molecule has 0 fully saturated rings. The van der Waals surface area contributed by atoms with E-state index in [9.17, 15) is 0 Å². The second-order valence-electron chi connectivity index (χ2n) is 2.56. The van der Waals surface area contributed by atoms with Crippen LogP contribution in [-0.4, -0.2) is 5.75 Å². The molecule has 0 radical (unpaired) electrons. The van der Waals surface area contributed by atoms with Crippen molar-refractivity contribution in [1.82, 2.24) is 0 Å². The second kappa shape index (κ2) is 4.24. The molecule has 1 rings (SSSR count). The molecule has 0 N–H and O–H groups in total. The summed E-state index contributed by atoms with van der Waals surface area (Å²) in [6.45, 7) is 5.90. The molecule has 0 aliphatic rings. The molecule has 0 bridgehead atoms. The Hall–Kier alpha value is -0.690. The van der Waals surface area contributed by atoms with Crippen molar-refractivity contribution in [2.75, 3.05) is 5.75 Å². The molecule has 0 amide bonds. The van der Waals surface area contributed by atoms with Gasteiger partial charge in [-0.15, -0.1) is 11.8 Å². The van der Waals surface area contributed by atoms with E-state index in [1.54, 1.807) is 0 Å². The summed E-state index contributed by atoms with van der Waals surface area (Å²) in [6, 6.07) is 10.4. The molecule has 0 heterocycles. The molecular weight excluding hydrogens is 152 g/mol. The predicted molar refractivity (Wildman–Crippen MR) is 52.0 cm³/mol. The Balaban J connectivity index is 2.45. The molecule has 0 atom stereocenters. The van der Waals surface area contributed by atoms with Gasteiger partial charge in [-0.3, -0.25) is 0 Å². The van der Waals surface area contributed by atoms with Gasteiger partial charge in [-0.25, -0.2) is 0 Å². The van der Waals surface area contributed by atoms with Gasteiger partial charge in [0.1, 0.15) is 0 Å². The molecule has 0 unspecified atom stereocenters. The summed E-state index contributed by atoms with van der Waals surface area (Å²) in [5.74, 6) is 1.02. The number of thioether (sulfide) groups is 1. The lowest BCUT2D eigenvalue weighted by Gasteiger charge is -1.98. The second-order valence-corrected chi connectivity index (χ2v) is 3.61. The van der Waals surface area contributed by atoms with E-state index in [1.165, 1.54) is 10.5 Å². The van der Waals surface area contributed by atoms with E-state index < -0.39 is 0 Å². The number of rotatable bonds is 3. The predicted octanol–water partition coefficient (Wildman–Crippen LogP) is 3.35. The number of hydrogen-bond acceptors (Lipinski definition) is 1. The van der Waals surface area contributed by atoms with Gasteiger partial charge in [0, 0.05) is 10.6 Å². The van der Waals surface area contributed by atoms with Gasteiger partial charge in [0.2, 0.25) is 0 Å². The summed E-state index contributed by atoms with van der Waals surface area (Å²) in [5.41, 5.74) is 1.22. The number of benzene rings is 1. The molecule has 0 aliphatic carbocycles. The van der Waals surface area contributed by atoms with Crippen molar-refractivity contribution < 1.29 is 0 Å². The molecule has 1 aromatic carbocycles. The third kappa shape index (κ3) is 3.28. The fourth-order valence-electron chi connectivity index (χ4n) is 0.723. The standard InChI is InChI=1S/C10H12S/c1-9(2)8-11-10-6-4-3-5-7-10/h3-7H,1,8H2,2H3. The first kappa shape index (κ1) is 8.41. The highest BCUT2D eigenvalue weighted by Crippen LogP contribution is 2.18. The lowest BCUT2D eigenvalue weighted by atomic mass is 10.4. The SMILES string of the molecule is C=C(C)CSc1ccccc1. The van der Waals surface area contributed by atoms with Crippen molar-refractivity contribution in [3.05, 3.63) is 42.5 Å². The maximum atomic E-state index is 3.85. The van der Waals surface area contributed by atoms with Gasteiger partial charge in [-0.1, -0.05) is 30.4 Å². The van der Waals surface area contributed by atoms with Gasteiger partial charge in [0.15, 0.2) is 0 Å². The molecule has 0 nitrogen and oxygen atoms in total. The van der Waals surface area contributed by atoms with E-state index in [1.807, 2.05) is 17.8 Å². The van der Waals surface area contributed by atoms with Crippen molar-refractivity contribution in [2.24, 2.45) is 0 Å². The average molecular weight is 164 g/mol. The minimum Gasteiger partial charge on any atom is -0.122 e. The zero-order valence-electron chi connectivity index (χ0n) is 6.71. The molecule has 0 saturated carbocycles. The summed E-state index contributed by atoms with van der Waals surface area (Å²) >= 11 is 1.83. The first-order chi connectivity index (χ1) is 5.29. The first-order valence-electron chi connectivity index (χ1n) is 3.61.